The highest BCUT2D eigenvalue weighted by atomic mass is 16.2. The molecule has 1 N–H and O–H groups in total. The number of nitrogens with zero attached hydrogens (tertiary/aromatic N) is 5. The Hall–Kier alpha value is -2.62. The fraction of sp³-hybridized carbons (Fsp3) is 0.500. The summed E-state index contributed by atoms with van der Waals surface area (Å²) >= 11 is 0. The standard InChI is InChI=1S/C16H20N6O/c1-11-5-7-22(14(23)8-17-2)9-13(11)21(3)16-12-4-6-18-15(12)19-10-20-16/h4,6,10-11,13H,5,7-9H2,1,3H3,(H,18,19,20)/t11-,13+/m1/s1/i3D3,4D,7D2,8D2,9D2,10D,11D,13D. The third kappa shape index (κ3) is 2.84. The number of likely N-dealkylation sites (N-methyl/N-ethyl adjacent to an activating group) is 1. The average molecular weight is 325 g/mol. The maximum Gasteiger partial charge on any atom is 0.302 e. The second kappa shape index (κ2) is 6.24. The van der Waals surface area contributed by atoms with E-state index in [0.717, 1.165) is 13.1 Å². The number of hydrogen-bond donors (Lipinski definition) is 1. The molecule has 0 aliphatic carbocycles. The lowest BCUT2D eigenvalue weighted by Gasteiger charge is -2.41. The van der Waals surface area contributed by atoms with Gasteiger partial charge in [-0.05, 0) is 18.4 Å². The van der Waals surface area contributed by atoms with Gasteiger partial charge in [0.15, 0.2) is 0 Å². The number of carbonyl (C=O) groups excluding carboxylic acids is 1. The molecule has 1 aliphatic rings. The number of aromatic nitrogens is 3. The summed E-state index contributed by atoms with van der Waals surface area (Å²) in [6, 6.07) is -3.85. The largest absolute Gasteiger partial charge is 0.354 e. The highest BCUT2D eigenvalue weighted by molar-refractivity contribution is 5.87. The maximum absolute atomic E-state index is 12.9. The molecule has 0 aromatic carbocycles. The number of piperidine rings is 1. The third-order valence-electron chi connectivity index (χ3n) is 3.12. The van der Waals surface area contributed by atoms with Crippen LogP contribution in [0.3, 0.4) is 0 Å². The Kier molecular flexibility index (Phi) is 1.66. The van der Waals surface area contributed by atoms with Crippen LogP contribution >= 0.6 is 0 Å². The van der Waals surface area contributed by atoms with Crippen LogP contribution in [0.1, 0.15) is 31.2 Å². The van der Waals surface area contributed by atoms with Crippen LogP contribution in [0.25, 0.3) is 15.9 Å². The molecule has 0 bridgehead atoms. The van der Waals surface area contributed by atoms with E-state index < -0.39 is 68.9 Å². The molecule has 0 spiro atoms. The van der Waals surface area contributed by atoms with Crippen molar-refractivity contribution in [3.63, 3.8) is 0 Å². The SMILES string of the molecule is [2H]c1nc(N(C([2H])([2H])[2H])[C@@]2([2H])C([2H])([2H])N(C(=O)C([2H])([2H])[N+]#[C-])C([2H])([2H])C[C@@]2([2H])C)c2c([2H])c[nH]c2n1. The van der Waals surface area contributed by atoms with E-state index in [1.807, 2.05) is 0 Å². The summed E-state index contributed by atoms with van der Waals surface area (Å²) in [5.41, 5.74) is -0.205. The molecule has 1 fully saturated rings. The van der Waals surface area contributed by atoms with Crippen molar-refractivity contribution < 1.29 is 22.6 Å². The van der Waals surface area contributed by atoms with Gasteiger partial charge in [-0.25, -0.2) is 16.5 Å². The van der Waals surface area contributed by atoms with Gasteiger partial charge >= 0.3 is 5.91 Å². The van der Waals surface area contributed by atoms with Gasteiger partial charge in [-0.15, -0.1) is 0 Å². The van der Waals surface area contributed by atoms with Crippen LogP contribution in [0.15, 0.2) is 18.5 Å². The summed E-state index contributed by atoms with van der Waals surface area (Å²) in [5.74, 6) is -5.51. The first-order valence-corrected chi connectivity index (χ1v) is 6.42. The van der Waals surface area contributed by atoms with E-state index in [1.54, 1.807) is 0 Å². The molecule has 2 aromatic heterocycles. The molecule has 1 amide bonds. The van der Waals surface area contributed by atoms with E-state index in [0.29, 0.717) is 0 Å². The molecule has 2 atom stereocenters. The number of nitrogens with one attached hydrogen (secondary N) is 1. The maximum atomic E-state index is 12.9. The van der Waals surface area contributed by atoms with Gasteiger partial charge in [0.05, 0.1) is 16.9 Å². The Bertz CT molecular complexity index is 1270. The van der Waals surface area contributed by atoms with Crippen molar-refractivity contribution in [3.8, 4) is 0 Å². The van der Waals surface area contributed by atoms with Gasteiger partial charge in [0.2, 0.25) is 0 Å². The number of aromatic amines is 1. The van der Waals surface area contributed by atoms with Crippen molar-refractivity contribution in [2.45, 2.75) is 19.4 Å². The third-order valence-corrected chi connectivity index (χ3v) is 3.12. The molecule has 2 aromatic rings. The first kappa shape index (κ1) is 6.11. The van der Waals surface area contributed by atoms with E-state index in [2.05, 4.69) is 19.8 Å². The highest BCUT2D eigenvalue weighted by Gasteiger charge is 2.33. The summed E-state index contributed by atoms with van der Waals surface area (Å²) in [5, 5.41) is -0.344. The molecule has 1 saturated heterocycles. The van der Waals surface area contributed by atoms with Crippen LogP contribution in [0, 0.1) is 12.5 Å². The van der Waals surface area contributed by atoms with E-state index in [9.17, 15) is 4.79 Å². The normalized spacial score (nSPS) is 41.4. The predicted molar refractivity (Wildman–Crippen MR) is 87.9 cm³/mol. The Morgan fingerprint density at radius 2 is 2.70 bits per heavy atom. The number of amides is 1. The summed E-state index contributed by atoms with van der Waals surface area (Å²) in [6.07, 6.45) is -0.879. The first-order chi connectivity index (χ1) is 16.1. The van der Waals surface area contributed by atoms with E-state index in [1.165, 1.54) is 0 Å². The number of H-pyrrole nitrogens is 1. The van der Waals surface area contributed by atoms with Crippen LogP contribution in [0.5, 0.6) is 0 Å². The summed E-state index contributed by atoms with van der Waals surface area (Å²) in [4.78, 5) is 25.0. The quantitative estimate of drug-likeness (QED) is 0.869. The Morgan fingerprint density at radius 3 is 3.48 bits per heavy atom. The van der Waals surface area contributed by atoms with Crippen molar-refractivity contribution in [2.24, 2.45) is 5.89 Å². The highest BCUT2D eigenvalue weighted by Crippen LogP contribution is 2.28. The average Bonchev–Trinajstić information content (AvgIpc) is 3.04. The monoisotopic (exact) mass is 325 g/mol. The second-order valence-electron chi connectivity index (χ2n) is 4.58. The van der Waals surface area contributed by atoms with E-state index >= 15 is 0 Å². The van der Waals surface area contributed by atoms with Crippen molar-refractivity contribution in [1.82, 2.24) is 19.9 Å². The van der Waals surface area contributed by atoms with Crippen LogP contribution in [-0.2, 0) is 4.79 Å². The predicted octanol–water partition coefficient (Wildman–Crippen LogP) is 1.55. The van der Waals surface area contributed by atoms with E-state index in [4.69, 9.17) is 24.4 Å². The van der Waals surface area contributed by atoms with Gasteiger partial charge in [0.1, 0.15) is 21.9 Å². The summed E-state index contributed by atoms with van der Waals surface area (Å²) in [6.45, 7) is -6.10. The van der Waals surface area contributed by atoms with Crippen molar-refractivity contribution in [1.29, 1.82) is 0 Å². The minimum atomic E-state index is -3.78. The minimum Gasteiger partial charge on any atom is -0.354 e. The van der Waals surface area contributed by atoms with E-state index in [-0.39, 0.29) is 20.8 Å². The van der Waals surface area contributed by atoms with Gasteiger partial charge < -0.3 is 19.6 Å². The molecule has 1 aliphatic heterocycles. The Balaban J connectivity index is 2.45. The zero-order valence-corrected chi connectivity index (χ0v) is 11.9. The Labute approximate surface area is 153 Å². The molecular weight excluding hydrogens is 292 g/mol. The number of fused-ring (bicyclic) bond motifs is 1. The number of likely N-dealkylation sites (tertiary alicyclic amines) is 1. The fourth-order valence-electron chi connectivity index (χ4n) is 2.01. The smallest absolute Gasteiger partial charge is 0.302 e. The summed E-state index contributed by atoms with van der Waals surface area (Å²) < 4.78 is 107. The number of hydrogen-bond acceptors (Lipinski definition) is 4. The van der Waals surface area contributed by atoms with Crippen LogP contribution in [-0.4, -0.2) is 58.2 Å². The molecular formula is C16H20N6O. The lowest BCUT2D eigenvalue weighted by molar-refractivity contribution is -0.130. The van der Waals surface area contributed by atoms with Crippen molar-refractivity contribution >= 4 is 22.8 Å². The zero-order valence-electron chi connectivity index (χ0n) is 24.9. The molecule has 7 heteroatoms. The van der Waals surface area contributed by atoms with Gasteiger partial charge in [-0.3, -0.25) is 4.79 Å². The molecule has 7 nitrogen and oxygen atoms in total. The molecule has 120 valence electrons. The number of carbonyl (C=O) groups is 1. The Morgan fingerprint density at radius 1 is 1.83 bits per heavy atom. The lowest BCUT2D eigenvalue weighted by atomic mass is 9.92. The number of rotatable bonds is 3. The first-order valence-electron chi connectivity index (χ1n) is 12.9. The van der Waals surface area contributed by atoms with Gasteiger partial charge in [0.25, 0.3) is 6.50 Å². The van der Waals surface area contributed by atoms with Crippen LogP contribution in [0.2, 0.25) is 0 Å². The zero-order chi connectivity index (χ0) is 27.9. The molecule has 0 unspecified atom stereocenters. The fourth-order valence-corrected chi connectivity index (χ4v) is 2.01. The lowest BCUT2D eigenvalue weighted by Crippen LogP contribution is -2.53. The molecule has 0 saturated carbocycles. The van der Waals surface area contributed by atoms with Crippen molar-refractivity contribution in [2.75, 3.05) is 31.4 Å². The molecule has 23 heavy (non-hydrogen) atoms. The van der Waals surface area contributed by atoms with Gasteiger partial charge in [-0.2, -0.15) is 0 Å². The topological polar surface area (TPSA) is 69.5 Å². The van der Waals surface area contributed by atoms with Crippen molar-refractivity contribution in [3.05, 3.63) is 30.0 Å². The van der Waals surface area contributed by atoms with Gasteiger partial charge in [-0.1, -0.05) is 6.92 Å². The molecule has 0 radical (unpaired) electrons. The number of anilines is 1. The molecule has 3 heterocycles. The second-order valence-corrected chi connectivity index (χ2v) is 4.58. The van der Waals surface area contributed by atoms with Crippen LogP contribution < -0.4 is 4.90 Å². The van der Waals surface area contributed by atoms with Gasteiger partial charge in [0, 0.05) is 34.4 Å². The van der Waals surface area contributed by atoms with Crippen LogP contribution in [0.4, 0.5) is 5.82 Å². The summed E-state index contributed by atoms with van der Waals surface area (Å²) in [7, 11) is 0. The molecule has 3 rings (SSSR count). The minimum absolute atomic E-state index is 0.0177.